The summed E-state index contributed by atoms with van der Waals surface area (Å²) in [5, 5.41) is 0. The number of nitrogens with two attached hydrogens (primary N) is 2. The van der Waals surface area contributed by atoms with Crippen LogP contribution in [0.15, 0.2) is 59.5 Å². The fourth-order valence-corrected chi connectivity index (χ4v) is 5.17. The molecule has 39 heavy (non-hydrogen) atoms. The van der Waals surface area contributed by atoms with E-state index in [9.17, 15) is 4.39 Å². The molecule has 0 bridgehead atoms. The number of aromatic nitrogens is 2. The highest BCUT2D eigenvalue weighted by molar-refractivity contribution is 6.07. The number of halogens is 2. The number of rotatable bonds is 2. The van der Waals surface area contributed by atoms with E-state index >= 15 is 4.39 Å². The van der Waals surface area contributed by atoms with Crippen LogP contribution in [-0.4, -0.2) is 46.4 Å². The van der Waals surface area contributed by atoms with E-state index in [-0.39, 0.29) is 23.2 Å². The van der Waals surface area contributed by atoms with Crippen molar-refractivity contribution in [1.29, 1.82) is 0 Å². The quantitative estimate of drug-likeness (QED) is 0.462. The van der Waals surface area contributed by atoms with Crippen molar-refractivity contribution in [2.75, 3.05) is 24.5 Å². The van der Waals surface area contributed by atoms with Gasteiger partial charge in [-0.2, -0.15) is 0 Å². The normalized spacial score (nSPS) is 18.3. The molecule has 9 heteroatoms. The number of likely N-dealkylation sites (tertiary alicyclic amines) is 1. The van der Waals surface area contributed by atoms with Gasteiger partial charge in [0.1, 0.15) is 29.0 Å². The van der Waals surface area contributed by atoms with Crippen molar-refractivity contribution in [3.63, 3.8) is 0 Å². The molecule has 3 aromatic rings. The van der Waals surface area contributed by atoms with Crippen LogP contribution in [0.25, 0.3) is 11.3 Å². The van der Waals surface area contributed by atoms with Gasteiger partial charge in [-0.1, -0.05) is 26.0 Å². The number of piperidine rings is 1. The Morgan fingerprint density at radius 3 is 2.46 bits per heavy atom. The molecule has 2 aromatic heterocycles. The van der Waals surface area contributed by atoms with Gasteiger partial charge in [0.2, 0.25) is 0 Å². The number of benzene rings is 1. The Hall–Kier alpha value is -3.69. The Balaban J connectivity index is 0.000000723. The maximum Gasteiger partial charge on any atom is 0.150 e. The fourth-order valence-electron chi connectivity index (χ4n) is 5.17. The molecule has 7 nitrogen and oxygen atoms in total. The van der Waals surface area contributed by atoms with Crippen LogP contribution < -0.4 is 16.4 Å². The van der Waals surface area contributed by atoms with Gasteiger partial charge in [0, 0.05) is 36.8 Å². The molecule has 1 fully saturated rings. The second-order valence-corrected chi connectivity index (χ2v) is 10.2. The number of amidine groups is 1. The summed E-state index contributed by atoms with van der Waals surface area (Å²) in [6.45, 7) is 8.44. The van der Waals surface area contributed by atoms with Crippen LogP contribution in [0.2, 0.25) is 0 Å². The molecule has 0 aliphatic carbocycles. The Bertz CT molecular complexity index is 1420. The third-order valence-corrected chi connectivity index (χ3v) is 7.32. The van der Waals surface area contributed by atoms with Crippen LogP contribution in [-0.2, 0) is 0 Å². The molecule has 3 aliphatic heterocycles. The molecule has 204 valence electrons. The summed E-state index contributed by atoms with van der Waals surface area (Å²) in [4.78, 5) is 18.5. The summed E-state index contributed by atoms with van der Waals surface area (Å²) in [6.07, 6.45) is 6.62. The van der Waals surface area contributed by atoms with Gasteiger partial charge in [-0.05, 0) is 68.6 Å². The molecule has 6 rings (SSSR count). The third kappa shape index (κ3) is 5.04. The van der Waals surface area contributed by atoms with Crippen LogP contribution in [0.4, 0.5) is 20.3 Å². The standard InChI is InChI=1S/C27H26F2N6.C3H9N/c1-15-7-10-31-23-16(2)13-22-32-26(34-11-8-17(30)9-12-34)19-14-21(29)24(18-5-3-4-6-20(18)28)33-27(19)35(22)25(15)23;1-2-3-4/h3-7,10,13-14,16-17H,8-9,11-12,30H2,1-2H3;2-4H2,1H3. The molecule has 1 aromatic carbocycles. The van der Waals surface area contributed by atoms with E-state index in [0.29, 0.717) is 17.2 Å². The second-order valence-electron chi connectivity index (χ2n) is 10.2. The highest BCUT2D eigenvalue weighted by Gasteiger charge is 2.37. The number of nitrogens with zero attached hydrogens (tertiary/aromatic N) is 5. The summed E-state index contributed by atoms with van der Waals surface area (Å²) >= 11 is 0. The number of aliphatic imine (C=N–C) groups is 1. The van der Waals surface area contributed by atoms with E-state index in [1.54, 1.807) is 24.4 Å². The topological polar surface area (TPSA) is 96.7 Å². The van der Waals surface area contributed by atoms with Crippen LogP contribution in [0.3, 0.4) is 0 Å². The molecule has 1 saturated heterocycles. The van der Waals surface area contributed by atoms with Gasteiger partial charge < -0.3 is 16.4 Å². The van der Waals surface area contributed by atoms with Crippen molar-refractivity contribution in [3.8, 4) is 11.3 Å². The van der Waals surface area contributed by atoms with E-state index in [1.807, 2.05) is 17.9 Å². The van der Waals surface area contributed by atoms with E-state index in [2.05, 4.69) is 29.8 Å². The molecule has 0 amide bonds. The van der Waals surface area contributed by atoms with Gasteiger partial charge in [-0.25, -0.2) is 18.8 Å². The van der Waals surface area contributed by atoms with E-state index in [4.69, 9.17) is 21.4 Å². The van der Waals surface area contributed by atoms with Crippen molar-refractivity contribution in [1.82, 2.24) is 14.9 Å². The lowest BCUT2D eigenvalue weighted by atomic mass is 9.95. The Labute approximate surface area is 228 Å². The highest BCUT2D eigenvalue weighted by Crippen LogP contribution is 2.46. The van der Waals surface area contributed by atoms with Gasteiger partial charge in [0.05, 0.1) is 16.9 Å². The minimum Gasteiger partial charge on any atom is -0.356 e. The monoisotopic (exact) mass is 531 g/mol. The predicted molar refractivity (Wildman–Crippen MR) is 152 cm³/mol. The largest absolute Gasteiger partial charge is 0.356 e. The molecule has 1 atom stereocenters. The van der Waals surface area contributed by atoms with Gasteiger partial charge in [0.25, 0.3) is 0 Å². The first-order chi connectivity index (χ1) is 18.8. The molecule has 3 aliphatic rings. The molecule has 5 heterocycles. The zero-order chi connectivity index (χ0) is 27.7. The Morgan fingerprint density at radius 1 is 1.05 bits per heavy atom. The van der Waals surface area contributed by atoms with Gasteiger partial charge in [-0.15, -0.1) is 0 Å². The van der Waals surface area contributed by atoms with Crippen LogP contribution in [0, 0.1) is 18.6 Å². The average molecular weight is 532 g/mol. The summed E-state index contributed by atoms with van der Waals surface area (Å²) in [7, 11) is 0. The summed E-state index contributed by atoms with van der Waals surface area (Å²) in [5.41, 5.74) is 14.7. The first-order valence-corrected chi connectivity index (χ1v) is 13.6. The van der Waals surface area contributed by atoms with Crippen LogP contribution in [0.5, 0.6) is 0 Å². The lowest BCUT2D eigenvalue weighted by Crippen LogP contribution is -2.45. The first-order valence-electron chi connectivity index (χ1n) is 13.6. The second kappa shape index (κ2) is 11.2. The lowest BCUT2D eigenvalue weighted by molar-refractivity contribution is 0.313. The molecule has 0 spiro atoms. The lowest BCUT2D eigenvalue weighted by Gasteiger charge is -2.40. The molecular formula is C30H35F2N7. The van der Waals surface area contributed by atoms with Crippen molar-refractivity contribution >= 4 is 17.3 Å². The summed E-state index contributed by atoms with van der Waals surface area (Å²) in [6, 6.07) is 9.67. The number of hydrogen-bond donors (Lipinski definition) is 2. The SMILES string of the molecule is CCCN.Cc1ccnc2c1N1C(=CC2C)N=C(N2CCC(N)CC2)c2cc(F)c(-c3ccccc3F)nc21. The van der Waals surface area contributed by atoms with Crippen LogP contribution >= 0.6 is 0 Å². The average Bonchev–Trinajstić information content (AvgIpc) is 2.94. The highest BCUT2D eigenvalue weighted by atomic mass is 19.1. The zero-order valence-corrected chi connectivity index (χ0v) is 22.7. The minimum absolute atomic E-state index is 0.0233. The minimum atomic E-state index is -0.587. The third-order valence-electron chi connectivity index (χ3n) is 7.32. The summed E-state index contributed by atoms with van der Waals surface area (Å²) < 4.78 is 30.2. The van der Waals surface area contributed by atoms with E-state index in [0.717, 1.165) is 61.7 Å². The first kappa shape index (κ1) is 26.9. The molecule has 0 saturated carbocycles. The van der Waals surface area contributed by atoms with Gasteiger partial charge in [-0.3, -0.25) is 9.88 Å². The number of aryl methyl sites for hydroxylation is 1. The van der Waals surface area contributed by atoms with Crippen molar-refractivity contribution < 1.29 is 8.78 Å². The Morgan fingerprint density at radius 2 is 1.77 bits per heavy atom. The summed E-state index contributed by atoms with van der Waals surface area (Å²) in [5.74, 6) is 0.866. The molecule has 4 N–H and O–H groups in total. The number of pyridine rings is 2. The Kier molecular flexibility index (Phi) is 7.72. The smallest absolute Gasteiger partial charge is 0.150 e. The van der Waals surface area contributed by atoms with E-state index < -0.39 is 11.6 Å². The maximum atomic E-state index is 15.5. The molecule has 1 unspecified atom stereocenters. The van der Waals surface area contributed by atoms with Gasteiger partial charge >= 0.3 is 0 Å². The van der Waals surface area contributed by atoms with Gasteiger partial charge in [0.15, 0.2) is 5.82 Å². The zero-order valence-electron chi connectivity index (χ0n) is 22.7. The molecule has 0 radical (unpaired) electrons. The van der Waals surface area contributed by atoms with Crippen molar-refractivity contribution in [2.45, 2.75) is 52.0 Å². The number of hydrogen-bond acceptors (Lipinski definition) is 7. The van der Waals surface area contributed by atoms with Crippen LogP contribution in [0.1, 0.15) is 55.8 Å². The van der Waals surface area contributed by atoms with E-state index in [1.165, 1.54) is 12.1 Å². The maximum absolute atomic E-state index is 15.5. The molecular weight excluding hydrogens is 496 g/mol. The predicted octanol–water partition coefficient (Wildman–Crippen LogP) is 5.37. The van der Waals surface area contributed by atoms with Crippen molar-refractivity contribution in [3.05, 3.63) is 82.9 Å². The fraction of sp³-hybridized carbons (Fsp3) is 0.367. The number of allylic oxidation sites excluding steroid dienone is 1. The van der Waals surface area contributed by atoms with Crippen molar-refractivity contribution in [2.24, 2.45) is 16.5 Å². The number of anilines is 2. The number of fused-ring (bicyclic) bond motifs is 5.